The van der Waals surface area contributed by atoms with Gasteiger partial charge >= 0.3 is 0 Å². The van der Waals surface area contributed by atoms with Crippen LogP contribution in [0, 0.1) is 0 Å². The van der Waals surface area contributed by atoms with Crippen molar-refractivity contribution in [1.82, 2.24) is 30.4 Å². The third-order valence-electron chi connectivity index (χ3n) is 3.73. The van der Waals surface area contributed by atoms with E-state index in [9.17, 15) is 0 Å². The smallest absolute Gasteiger partial charge is 0.176 e. The summed E-state index contributed by atoms with van der Waals surface area (Å²) in [7, 11) is 0. The van der Waals surface area contributed by atoms with Gasteiger partial charge in [-0.3, -0.25) is 4.68 Å². The second kappa shape index (κ2) is 7.44. The average Bonchev–Trinajstić information content (AvgIpc) is 3.24. The van der Waals surface area contributed by atoms with Gasteiger partial charge in [0, 0.05) is 35.9 Å². The highest BCUT2D eigenvalue weighted by molar-refractivity contribution is 6.30. The number of tetrazole rings is 1. The third-order valence-corrected chi connectivity index (χ3v) is 3.98. The van der Waals surface area contributed by atoms with Crippen LogP contribution >= 0.6 is 11.6 Å². The van der Waals surface area contributed by atoms with Crippen molar-refractivity contribution < 1.29 is 0 Å². The van der Waals surface area contributed by atoms with Crippen LogP contribution < -0.4 is 4.90 Å². The number of halogens is 1. The lowest BCUT2D eigenvalue weighted by Crippen LogP contribution is -2.26. The van der Waals surface area contributed by atoms with E-state index in [1.165, 1.54) is 0 Å². The molecule has 0 aliphatic rings. The van der Waals surface area contributed by atoms with Crippen molar-refractivity contribution in [2.45, 2.75) is 32.9 Å². The standard InChI is InChI=1S/C16H20ClN7/c1-12(2)24-10-7-14(20-24)11-23(9-8-16-18-21-22-19-16)15-5-3-13(17)4-6-15/h3-7,10,12H,8-9,11H2,1-2H3,(H,18,19,21,22). The Morgan fingerprint density at radius 2 is 2.00 bits per heavy atom. The summed E-state index contributed by atoms with van der Waals surface area (Å²) in [6, 6.07) is 10.2. The molecule has 7 nitrogen and oxygen atoms in total. The summed E-state index contributed by atoms with van der Waals surface area (Å²) in [5.41, 5.74) is 2.11. The van der Waals surface area contributed by atoms with E-state index in [1.807, 2.05) is 35.1 Å². The quantitative estimate of drug-likeness (QED) is 0.712. The Morgan fingerprint density at radius 1 is 1.21 bits per heavy atom. The first kappa shape index (κ1) is 16.4. The number of nitrogens with one attached hydrogen (secondary N) is 1. The number of rotatable bonds is 7. The Kier molecular flexibility index (Phi) is 5.10. The van der Waals surface area contributed by atoms with Gasteiger partial charge in [0.25, 0.3) is 0 Å². The SMILES string of the molecule is CC(C)n1ccc(CN(CCc2nn[nH]n2)c2ccc(Cl)cc2)n1. The van der Waals surface area contributed by atoms with Gasteiger partial charge in [0.1, 0.15) is 0 Å². The Morgan fingerprint density at radius 3 is 2.62 bits per heavy atom. The molecule has 1 aromatic carbocycles. The third kappa shape index (κ3) is 4.11. The van der Waals surface area contributed by atoms with Crippen molar-refractivity contribution in [1.29, 1.82) is 0 Å². The van der Waals surface area contributed by atoms with Crippen molar-refractivity contribution in [2.75, 3.05) is 11.4 Å². The lowest BCUT2D eigenvalue weighted by molar-refractivity contribution is 0.525. The minimum Gasteiger partial charge on any atom is -0.365 e. The maximum Gasteiger partial charge on any atom is 0.176 e. The van der Waals surface area contributed by atoms with Crippen LogP contribution in [-0.4, -0.2) is 36.9 Å². The van der Waals surface area contributed by atoms with Crippen LogP contribution in [0.4, 0.5) is 5.69 Å². The first-order valence-corrected chi connectivity index (χ1v) is 8.26. The van der Waals surface area contributed by atoms with Crippen LogP contribution in [0.1, 0.15) is 31.4 Å². The highest BCUT2D eigenvalue weighted by atomic mass is 35.5. The Labute approximate surface area is 145 Å². The normalized spacial score (nSPS) is 11.2. The zero-order chi connectivity index (χ0) is 16.9. The molecule has 3 rings (SSSR count). The fraction of sp³-hybridized carbons (Fsp3) is 0.375. The van der Waals surface area contributed by atoms with Crippen LogP contribution in [-0.2, 0) is 13.0 Å². The van der Waals surface area contributed by atoms with Crippen molar-refractivity contribution in [3.05, 3.63) is 53.1 Å². The molecular formula is C16H20ClN7. The molecule has 0 unspecified atom stereocenters. The van der Waals surface area contributed by atoms with Gasteiger partial charge in [-0.2, -0.15) is 10.3 Å². The zero-order valence-electron chi connectivity index (χ0n) is 13.7. The average molecular weight is 346 g/mol. The Hall–Kier alpha value is -2.41. The highest BCUT2D eigenvalue weighted by Crippen LogP contribution is 2.20. The first-order valence-electron chi connectivity index (χ1n) is 7.88. The van der Waals surface area contributed by atoms with E-state index < -0.39 is 0 Å². The molecule has 0 saturated heterocycles. The summed E-state index contributed by atoms with van der Waals surface area (Å²) in [6.07, 6.45) is 2.71. The minimum atomic E-state index is 0.349. The molecule has 8 heteroatoms. The molecular weight excluding hydrogens is 326 g/mol. The van der Waals surface area contributed by atoms with Gasteiger partial charge in [-0.15, -0.1) is 10.2 Å². The van der Waals surface area contributed by atoms with E-state index in [0.29, 0.717) is 24.8 Å². The van der Waals surface area contributed by atoms with Crippen molar-refractivity contribution in [2.24, 2.45) is 0 Å². The lowest BCUT2D eigenvalue weighted by Gasteiger charge is -2.23. The van der Waals surface area contributed by atoms with Gasteiger partial charge in [0.05, 0.1) is 12.2 Å². The predicted octanol–water partition coefficient (Wildman–Crippen LogP) is 2.88. The molecule has 0 radical (unpaired) electrons. The summed E-state index contributed by atoms with van der Waals surface area (Å²) < 4.78 is 1.97. The van der Waals surface area contributed by atoms with E-state index in [-0.39, 0.29) is 0 Å². The molecule has 3 aromatic rings. The molecule has 0 saturated carbocycles. The Bertz CT molecular complexity index is 749. The molecule has 0 fully saturated rings. The van der Waals surface area contributed by atoms with Crippen molar-refractivity contribution in [3.63, 3.8) is 0 Å². The molecule has 1 N–H and O–H groups in total. The van der Waals surface area contributed by atoms with Crippen LogP contribution in [0.25, 0.3) is 0 Å². The van der Waals surface area contributed by atoms with E-state index in [0.717, 1.165) is 22.9 Å². The summed E-state index contributed by atoms with van der Waals surface area (Å²) in [4.78, 5) is 2.24. The highest BCUT2D eigenvalue weighted by Gasteiger charge is 2.12. The number of hydrogen-bond acceptors (Lipinski definition) is 5. The Balaban J connectivity index is 1.76. The second-order valence-corrected chi connectivity index (χ2v) is 6.29. The molecule has 0 aliphatic carbocycles. The number of anilines is 1. The van der Waals surface area contributed by atoms with E-state index in [1.54, 1.807) is 0 Å². The molecule has 0 atom stereocenters. The fourth-order valence-electron chi connectivity index (χ4n) is 2.42. The van der Waals surface area contributed by atoms with Gasteiger partial charge in [-0.25, -0.2) is 0 Å². The van der Waals surface area contributed by atoms with Crippen LogP contribution in [0.5, 0.6) is 0 Å². The molecule has 0 aliphatic heterocycles. The number of nitrogens with zero attached hydrogens (tertiary/aromatic N) is 6. The van der Waals surface area contributed by atoms with E-state index in [2.05, 4.69) is 50.5 Å². The number of H-pyrrole nitrogens is 1. The van der Waals surface area contributed by atoms with Crippen LogP contribution in [0.15, 0.2) is 36.5 Å². The molecule has 0 bridgehead atoms. The summed E-state index contributed by atoms with van der Waals surface area (Å²) in [5.74, 6) is 0.696. The topological polar surface area (TPSA) is 75.5 Å². The summed E-state index contributed by atoms with van der Waals surface area (Å²) in [6.45, 7) is 5.70. The molecule has 0 amide bonds. The predicted molar refractivity (Wildman–Crippen MR) is 93.0 cm³/mol. The van der Waals surface area contributed by atoms with E-state index >= 15 is 0 Å². The maximum absolute atomic E-state index is 6.01. The van der Waals surface area contributed by atoms with Gasteiger partial charge in [0.2, 0.25) is 0 Å². The van der Waals surface area contributed by atoms with E-state index in [4.69, 9.17) is 11.6 Å². The first-order chi connectivity index (χ1) is 11.6. The monoisotopic (exact) mass is 345 g/mol. The van der Waals surface area contributed by atoms with Gasteiger partial charge in [-0.05, 0) is 44.2 Å². The molecule has 2 heterocycles. The summed E-state index contributed by atoms with van der Waals surface area (Å²) >= 11 is 6.01. The van der Waals surface area contributed by atoms with Crippen LogP contribution in [0.3, 0.4) is 0 Å². The fourth-order valence-corrected chi connectivity index (χ4v) is 2.55. The number of benzene rings is 1. The van der Waals surface area contributed by atoms with Gasteiger partial charge in [-0.1, -0.05) is 16.8 Å². The summed E-state index contributed by atoms with van der Waals surface area (Å²) in [5, 5.41) is 19.5. The van der Waals surface area contributed by atoms with Gasteiger partial charge in [0.15, 0.2) is 5.82 Å². The zero-order valence-corrected chi connectivity index (χ0v) is 14.5. The number of aromatic nitrogens is 6. The maximum atomic E-state index is 6.01. The lowest BCUT2D eigenvalue weighted by atomic mass is 10.2. The second-order valence-electron chi connectivity index (χ2n) is 5.86. The molecule has 126 valence electrons. The largest absolute Gasteiger partial charge is 0.365 e. The molecule has 2 aromatic heterocycles. The van der Waals surface area contributed by atoms with Crippen molar-refractivity contribution >= 4 is 17.3 Å². The van der Waals surface area contributed by atoms with Crippen molar-refractivity contribution in [3.8, 4) is 0 Å². The number of hydrogen-bond donors (Lipinski definition) is 1. The molecule has 24 heavy (non-hydrogen) atoms. The molecule has 0 spiro atoms. The van der Waals surface area contributed by atoms with Crippen LogP contribution in [0.2, 0.25) is 5.02 Å². The number of aromatic amines is 1. The minimum absolute atomic E-state index is 0.349. The van der Waals surface area contributed by atoms with Gasteiger partial charge < -0.3 is 4.90 Å².